The van der Waals surface area contributed by atoms with Crippen LogP contribution < -0.4 is 16.6 Å². The van der Waals surface area contributed by atoms with E-state index in [1.54, 1.807) is 6.07 Å². The number of carbonyl (C=O) groups is 1. The van der Waals surface area contributed by atoms with Gasteiger partial charge >= 0.3 is 0 Å². The van der Waals surface area contributed by atoms with Gasteiger partial charge in [-0.25, -0.2) is 10.8 Å². The molecule has 1 saturated carbocycles. The Labute approximate surface area is 124 Å². The smallest absolute Gasteiger partial charge is 0.253 e. The fourth-order valence-electron chi connectivity index (χ4n) is 2.63. The molecule has 2 rings (SSSR count). The second kappa shape index (κ2) is 6.90. The Kier molecular flexibility index (Phi) is 5.20. The minimum Gasteiger partial charge on any atom is -0.349 e. The number of nitrogens with zero attached hydrogens (tertiary/aromatic N) is 1. The van der Waals surface area contributed by atoms with Crippen LogP contribution in [0.2, 0.25) is 5.02 Å². The number of amides is 1. The Hall–Kier alpha value is -1.33. The highest BCUT2D eigenvalue weighted by molar-refractivity contribution is 6.33. The van der Waals surface area contributed by atoms with Gasteiger partial charge < -0.3 is 10.7 Å². The summed E-state index contributed by atoms with van der Waals surface area (Å²) in [6.07, 6.45) is 7.36. The molecule has 0 radical (unpaired) electrons. The Morgan fingerprint density at radius 3 is 2.85 bits per heavy atom. The summed E-state index contributed by atoms with van der Waals surface area (Å²) in [4.78, 5) is 16.3. The van der Waals surface area contributed by atoms with Crippen LogP contribution >= 0.6 is 11.6 Å². The standard InChI is InChI=1S/C14H21ClN4O/c1-9-5-3-2-4-6-12(9)18-14(20)10-7-11(15)13(19-16)17-8-10/h7-9,12H,2-6,16H2,1H3,(H,17,19)(H,18,20). The van der Waals surface area contributed by atoms with E-state index in [1.807, 2.05) is 0 Å². The van der Waals surface area contributed by atoms with Gasteiger partial charge in [0.1, 0.15) is 0 Å². The number of pyridine rings is 1. The number of hydrazine groups is 1. The van der Waals surface area contributed by atoms with E-state index in [1.165, 1.54) is 31.9 Å². The van der Waals surface area contributed by atoms with Crippen molar-refractivity contribution in [3.05, 3.63) is 22.8 Å². The predicted octanol–water partition coefficient (Wildman–Crippen LogP) is 2.72. The number of carbonyl (C=O) groups excluding carboxylic acids is 1. The van der Waals surface area contributed by atoms with Gasteiger partial charge in [-0.15, -0.1) is 0 Å². The number of anilines is 1. The van der Waals surface area contributed by atoms with Gasteiger partial charge in [0, 0.05) is 12.2 Å². The molecular weight excluding hydrogens is 276 g/mol. The van der Waals surface area contributed by atoms with Crippen molar-refractivity contribution >= 4 is 23.3 Å². The van der Waals surface area contributed by atoms with E-state index in [4.69, 9.17) is 17.4 Å². The number of hydrogen-bond donors (Lipinski definition) is 3. The van der Waals surface area contributed by atoms with E-state index >= 15 is 0 Å². The molecule has 2 unspecified atom stereocenters. The molecule has 0 bridgehead atoms. The lowest BCUT2D eigenvalue weighted by Gasteiger charge is -2.22. The van der Waals surface area contributed by atoms with Crippen LogP contribution in [0.1, 0.15) is 49.4 Å². The first kappa shape index (κ1) is 15.1. The molecule has 0 aromatic carbocycles. The molecule has 1 fully saturated rings. The van der Waals surface area contributed by atoms with E-state index < -0.39 is 0 Å². The van der Waals surface area contributed by atoms with Crippen LogP contribution in [0.5, 0.6) is 0 Å². The predicted molar refractivity (Wildman–Crippen MR) is 80.6 cm³/mol. The fraction of sp³-hybridized carbons (Fsp3) is 0.571. The molecule has 6 heteroatoms. The highest BCUT2D eigenvalue weighted by atomic mass is 35.5. The van der Waals surface area contributed by atoms with Crippen molar-refractivity contribution in [2.24, 2.45) is 11.8 Å². The van der Waals surface area contributed by atoms with E-state index in [2.05, 4.69) is 22.7 Å². The Morgan fingerprint density at radius 2 is 2.15 bits per heavy atom. The summed E-state index contributed by atoms with van der Waals surface area (Å²) in [7, 11) is 0. The van der Waals surface area contributed by atoms with Gasteiger partial charge in [-0.2, -0.15) is 0 Å². The van der Waals surface area contributed by atoms with Crippen molar-refractivity contribution in [2.45, 2.75) is 45.1 Å². The van der Waals surface area contributed by atoms with Crippen LogP contribution in [-0.4, -0.2) is 16.9 Å². The number of hydrogen-bond acceptors (Lipinski definition) is 4. The molecule has 0 spiro atoms. The molecular formula is C14H21ClN4O. The summed E-state index contributed by atoms with van der Waals surface area (Å²) in [6, 6.07) is 1.82. The average molecular weight is 297 g/mol. The summed E-state index contributed by atoms with van der Waals surface area (Å²) >= 11 is 5.99. The van der Waals surface area contributed by atoms with Crippen LogP contribution in [0, 0.1) is 5.92 Å². The number of halogens is 1. The first-order valence-corrected chi connectivity index (χ1v) is 7.42. The second-order valence-corrected chi connectivity index (χ2v) is 5.80. The highest BCUT2D eigenvalue weighted by Gasteiger charge is 2.22. The molecule has 5 nitrogen and oxygen atoms in total. The first-order chi connectivity index (χ1) is 9.61. The molecule has 20 heavy (non-hydrogen) atoms. The van der Waals surface area contributed by atoms with Crippen LogP contribution in [-0.2, 0) is 0 Å². The van der Waals surface area contributed by atoms with Gasteiger partial charge in [-0.05, 0) is 24.8 Å². The van der Waals surface area contributed by atoms with Crippen LogP contribution in [0.25, 0.3) is 0 Å². The maximum atomic E-state index is 12.3. The molecule has 110 valence electrons. The minimum absolute atomic E-state index is 0.123. The van der Waals surface area contributed by atoms with Crippen molar-refractivity contribution in [2.75, 3.05) is 5.43 Å². The molecule has 0 saturated heterocycles. The Balaban J connectivity index is 2.05. The monoisotopic (exact) mass is 296 g/mol. The zero-order chi connectivity index (χ0) is 14.5. The molecule has 0 aliphatic heterocycles. The third kappa shape index (κ3) is 3.61. The lowest BCUT2D eigenvalue weighted by molar-refractivity contribution is 0.0921. The maximum Gasteiger partial charge on any atom is 0.253 e. The second-order valence-electron chi connectivity index (χ2n) is 5.39. The third-order valence-electron chi connectivity index (χ3n) is 3.92. The average Bonchev–Trinajstić information content (AvgIpc) is 2.64. The summed E-state index contributed by atoms with van der Waals surface area (Å²) in [6.45, 7) is 2.20. The molecule has 4 N–H and O–H groups in total. The number of aromatic nitrogens is 1. The molecule has 1 amide bonds. The molecule has 2 atom stereocenters. The maximum absolute atomic E-state index is 12.3. The topological polar surface area (TPSA) is 80.0 Å². The third-order valence-corrected chi connectivity index (χ3v) is 4.21. The quantitative estimate of drug-likeness (QED) is 0.455. The minimum atomic E-state index is -0.123. The van der Waals surface area contributed by atoms with E-state index in [-0.39, 0.29) is 11.9 Å². The van der Waals surface area contributed by atoms with Gasteiger partial charge in [0.2, 0.25) is 0 Å². The molecule has 1 aromatic rings. The van der Waals surface area contributed by atoms with Crippen LogP contribution in [0.15, 0.2) is 12.3 Å². The van der Waals surface area contributed by atoms with Crippen LogP contribution in [0.3, 0.4) is 0 Å². The molecule has 1 aliphatic rings. The van der Waals surface area contributed by atoms with Gasteiger partial charge in [-0.3, -0.25) is 4.79 Å². The highest BCUT2D eigenvalue weighted by Crippen LogP contribution is 2.24. The Bertz CT molecular complexity index is 480. The van der Waals surface area contributed by atoms with Gasteiger partial charge in [0.15, 0.2) is 5.82 Å². The van der Waals surface area contributed by atoms with Crippen molar-refractivity contribution < 1.29 is 4.79 Å². The van der Waals surface area contributed by atoms with E-state index in [0.29, 0.717) is 22.3 Å². The first-order valence-electron chi connectivity index (χ1n) is 7.05. The normalized spacial score (nSPS) is 22.9. The van der Waals surface area contributed by atoms with Gasteiger partial charge in [0.05, 0.1) is 10.6 Å². The summed E-state index contributed by atoms with van der Waals surface area (Å²) in [5.41, 5.74) is 2.85. The summed E-state index contributed by atoms with van der Waals surface area (Å²) in [5, 5.41) is 3.44. The molecule has 1 heterocycles. The van der Waals surface area contributed by atoms with Gasteiger partial charge in [-0.1, -0.05) is 37.8 Å². The van der Waals surface area contributed by atoms with E-state index in [0.717, 1.165) is 6.42 Å². The summed E-state index contributed by atoms with van der Waals surface area (Å²) in [5.74, 6) is 6.02. The largest absolute Gasteiger partial charge is 0.349 e. The molecule has 1 aliphatic carbocycles. The zero-order valence-corrected chi connectivity index (χ0v) is 12.4. The van der Waals surface area contributed by atoms with Crippen molar-refractivity contribution in [3.63, 3.8) is 0 Å². The lowest BCUT2D eigenvalue weighted by atomic mass is 9.97. The Morgan fingerprint density at radius 1 is 1.40 bits per heavy atom. The number of nitrogens with one attached hydrogen (secondary N) is 2. The SMILES string of the molecule is CC1CCCCCC1NC(=O)c1cnc(NN)c(Cl)c1. The van der Waals surface area contributed by atoms with Crippen LogP contribution in [0.4, 0.5) is 5.82 Å². The van der Waals surface area contributed by atoms with Crippen molar-refractivity contribution in [1.82, 2.24) is 10.3 Å². The lowest BCUT2D eigenvalue weighted by Crippen LogP contribution is -2.38. The van der Waals surface area contributed by atoms with Gasteiger partial charge in [0.25, 0.3) is 5.91 Å². The van der Waals surface area contributed by atoms with Crippen molar-refractivity contribution in [1.29, 1.82) is 0 Å². The zero-order valence-electron chi connectivity index (χ0n) is 11.7. The number of nitrogens with two attached hydrogens (primary N) is 1. The fourth-order valence-corrected chi connectivity index (χ4v) is 2.85. The summed E-state index contributed by atoms with van der Waals surface area (Å²) < 4.78 is 0. The molecule has 1 aromatic heterocycles. The van der Waals surface area contributed by atoms with E-state index in [9.17, 15) is 4.79 Å². The number of nitrogen functional groups attached to an aromatic ring is 1. The number of rotatable bonds is 3. The van der Waals surface area contributed by atoms with Crippen molar-refractivity contribution in [3.8, 4) is 0 Å².